The zero-order valence-corrected chi connectivity index (χ0v) is 13.2. The van der Waals surface area contributed by atoms with E-state index in [1.807, 2.05) is 45.0 Å². The van der Waals surface area contributed by atoms with Crippen molar-refractivity contribution in [3.05, 3.63) is 47.3 Å². The summed E-state index contributed by atoms with van der Waals surface area (Å²) in [5.41, 5.74) is 4.45. The highest BCUT2D eigenvalue weighted by Crippen LogP contribution is 2.20. The highest BCUT2D eigenvalue weighted by atomic mass is 16.5. The Bertz CT molecular complexity index is 666. The molecule has 0 spiro atoms. The van der Waals surface area contributed by atoms with Crippen molar-refractivity contribution < 1.29 is 9.53 Å². The van der Waals surface area contributed by atoms with E-state index in [-0.39, 0.29) is 11.3 Å². The number of hydrogen-bond donors (Lipinski definition) is 2. The lowest BCUT2D eigenvalue weighted by Crippen LogP contribution is -2.18. The van der Waals surface area contributed by atoms with Crippen molar-refractivity contribution in [1.29, 1.82) is 0 Å². The Kier molecular flexibility index (Phi) is 4.60. The van der Waals surface area contributed by atoms with Crippen molar-refractivity contribution in [2.45, 2.75) is 26.2 Å². The average molecular weight is 300 g/mol. The second-order valence-corrected chi connectivity index (χ2v) is 5.89. The summed E-state index contributed by atoms with van der Waals surface area (Å²) < 4.78 is 5.07. The Morgan fingerprint density at radius 2 is 2.00 bits per heavy atom. The Hall–Kier alpha value is -2.63. The fourth-order valence-electron chi connectivity index (χ4n) is 1.73. The van der Waals surface area contributed by atoms with Gasteiger partial charge >= 0.3 is 0 Å². The Morgan fingerprint density at radius 1 is 1.32 bits per heavy atom. The molecular weight excluding hydrogens is 280 g/mol. The van der Waals surface area contributed by atoms with E-state index >= 15 is 0 Å². The molecule has 6 nitrogen and oxygen atoms in total. The summed E-state index contributed by atoms with van der Waals surface area (Å²) in [6, 6.07) is 9.08. The number of hydrazone groups is 1. The summed E-state index contributed by atoms with van der Waals surface area (Å²) in [4.78, 5) is 11.9. The minimum absolute atomic E-state index is 0.0854. The Balaban J connectivity index is 1.97. The summed E-state index contributed by atoms with van der Waals surface area (Å²) in [7, 11) is 1.61. The first-order valence-corrected chi connectivity index (χ1v) is 6.93. The van der Waals surface area contributed by atoms with Crippen LogP contribution in [0.4, 0.5) is 0 Å². The summed E-state index contributed by atoms with van der Waals surface area (Å²) in [5.74, 6) is 0.420. The van der Waals surface area contributed by atoms with Crippen LogP contribution in [0.5, 0.6) is 5.75 Å². The molecule has 1 aromatic heterocycles. The number of benzene rings is 1. The number of carbonyl (C=O) groups is 1. The van der Waals surface area contributed by atoms with Gasteiger partial charge in [0, 0.05) is 11.1 Å². The number of carbonyl (C=O) groups excluding carboxylic acids is 1. The van der Waals surface area contributed by atoms with Crippen LogP contribution in [0.3, 0.4) is 0 Å². The topological polar surface area (TPSA) is 79.4 Å². The number of nitrogens with zero attached hydrogens (tertiary/aromatic N) is 2. The van der Waals surface area contributed by atoms with E-state index in [9.17, 15) is 4.79 Å². The minimum atomic E-state index is -0.350. The van der Waals surface area contributed by atoms with Crippen LogP contribution >= 0.6 is 0 Å². The third kappa shape index (κ3) is 3.94. The monoisotopic (exact) mass is 300 g/mol. The molecule has 0 atom stereocenters. The number of hydrogen-bond acceptors (Lipinski definition) is 4. The predicted octanol–water partition coefficient (Wildman–Crippen LogP) is 2.48. The van der Waals surface area contributed by atoms with E-state index in [4.69, 9.17) is 4.74 Å². The quantitative estimate of drug-likeness (QED) is 0.672. The zero-order chi connectivity index (χ0) is 16.2. The fourth-order valence-corrected chi connectivity index (χ4v) is 1.73. The van der Waals surface area contributed by atoms with Crippen LogP contribution in [0.1, 0.15) is 42.5 Å². The number of aromatic nitrogens is 2. The van der Waals surface area contributed by atoms with Crippen LogP contribution in [0.25, 0.3) is 0 Å². The lowest BCUT2D eigenvalue weighted by molar-refractivity contribution is 0.0950. The predicted molar refractivity (Wildman–Crippen MR) is 85.3 cm³/mol. The highest BCUT2D eigenvalue weighted by molar-refractivity contribution is 5.93. The maximum Gasteiger partial charge on any atom is 0.291 e. The number of amides is 1. The SMILES string of the molecule is COc1ccc(/C=N\NC(=O)c2cc(C(C)(C)C)[nH]n2)cc1. The molecule has 22 heavy (non-hydrogen) atoms. The van der Waals surface area contributed by atoms with E-state index in [0.717, 1.165) is 17.0 Å². The molecule has 0 radical (unpaired) electrons. The molecule has 1 amide bonds. The molecular formula is C16H20N4O2. The molecule has 2 aromatic rings. The van der Waals surface area contributed by atoms with Gasteiger partial charge in [0.15, 0.2) is 5.69 Å². The lowest BCUT2D eigenvalue weighted by atomic mass is 9.92. The van der Waals surface area contributed by atoms with Gasteiger partial charge in [0.1, 0.15) is 5.75 Å². The molecule has 6 heteroatoms. The van der Waals surface area contributed by atoms with Gasteiger partial charge in [0.2, 0.25) is 0 Å². The van der Waals surface area contributed by atoms with E-state index in [0.29, 0.717) is 5.69 Å². The maximum atomic E-state index is 11.9. The number of rotatable bonds is 4. The smallest absolute Gasteiger partial charge is 0.291 e. The van der Waals surface area contributed by atoms with Gasteiger partial charge in [0.05, 0.1) is 13.3 Å². The van der Waals surface area contributed by atoms with E-state index in [1.165, 1.54) is 0 Å². The van der Waals surface area contributed by atoms with Gasteiger partial charge in [0.25, 0.3) is 5.91 Å². The molecule has 0 aliphatic heterocycles. The summed E-state index contributed by atoms with van der Waals surface area (Å²) in [6.45, 7) is 6.14. The normalized spacial score (nSPS) is 11.6. The fraction of sp³-hybridized carbons (Fsp3) is 0.312. The first kappa shape index (κ1) is 15.8. The van der Waals surface area contributed by atoms with Crippen LogP contribution < -0.4 is 10.2 Å². The first-order valence-electron chi connectivity index (χ1n) is 6.93. The molecule has 0 fully saturated rings. The van der Waals surface area contributed by atoms with E-state index in [2.05, 4.69) is 20.7 Å². The number of methoxy groups -OCH3 is 1. The summed E-state index contributed by atoms with van der Waals surface area (Å²) in [5, 5.41) is 10.8. The number of H-pyrrole nitrogens is 1. The molecule has 0 saturated carbocycles. The Labute approximate surface area is 129 Å². The minimum Gasteiger partial charge on any atom is -0.497 e. The van der Waals surface area contributed by atoms with Crippen LogP contribution in [0.2, 0.25) is 0 Å². The third-order valence-corrected chi connectivity index (χ3v) is 3.11. The lowest BCUT2D eigenvalue weighted by Gasteiger charge is -2.14. The van der Waals surface area contributed by atoms with E-state index < -0.39 is 0 Å². The molecule has 1 heterocycles. The molecule has 0 saturated heterocycles. The molecule has 0 aliphatic rings. The second kappa shape index (κ2) is 6.43. The molecule has 0 bridgehead atoms. The average Bonchev–Trinajstić information content (AvgIpc) is 2.98. The summed E-state index contributed by atoms with van der Waals surface area (Å²) >= 11 is 0. The Morgan fingerprint density at radius 3 is 2.55 bits per heavy atom. The van der Waals surface area contributed by atoms with Gasteiger partial charge in [-0.05, 0) is 35.9 Å². The van der Waals surface area contributed by atoms with Crippen LogP contribution in [-0.4, -0.2) is 29.4 Å². The first-order chi connectivity index (χ1) is 10.4. The van der Waals surface area contributed by atoms with Gasteiger partial charge in [-0.1, -0.05) is 20.8 Å². The molecule has 0 aliphatic carbocycles. The highest BCUT2D eigenvalue weighted by Gasteiger charge is 2.18. The van der Waals surface area contributed by atoms with Gasteiger partial charge in [-0.2, -0.15) is 10.2 Å². The van der Waals surface area contributed by atoms with Crippen molar-refractivity contribution in [3.8, 4) is 5.75 Å². The largest absolute Gasteiger partial charge is 0.497 e. The number of nitrogens with one attached hydrogen (secondary N) is 2. The third-order valence-electron chi connectivity index (χ3n) is 3.11. The van der Waals surface area contributed by atoms with Crippen molar-refractivity contribution >= 4 is 12.1 Å². The van der Waals surface area contributed by atoms with Crippen molar-refractivity contribution in [1.82, 2.24) is 15.6 Å². The molecule has 2 N–H and O–H groups in total. The summed E-state index contributed by atoms with van der Waals surface area (Å²) in [6.07, 6.45) is 1.56. The van der Waals surface area contributed by atoms with Gasteiger partial charge in [-0.25, -0.2) is 5.43 Å². The van der Waals surface area contributed by atoms with E-state index in [1.54, 1.807) is 19.4 Å². The van der Waals surface area contributed by atoms with Crippen molar-refractivity contribution in [3.63, 3.8) is 0 Å². The standard InChI is InChI=1S/C16H20N4O2/c1-16(2,3)14-9-13(18-19-14)15(21)20-17-10-11-5-7-12(22-4)8-6-11/h5-10H,1-4H3,(H,18,19)(H,20,21)/b17-10-. The molecule has 116 valence electrons. The van der Waals surface area contributed by atoms with Crippen LogP contribution in [0.15, 0.2) is 35.4 Å². The van der Waals surface area contributed by atoms with Crippen LogP contribution in [-0.2, 0) is 5.41 Å². The maximum absolute atomic E-state index is 11.9. The van der Waals surface area contributed by atoms with Crippen molar-refractivity contribution in [2.75, 3.05) is 7.11 Å². The van der Waals surface area contributed by atoms with Gasteiger partial charge in [-0.3, -0.25) is 9.89 Å². The number of aromatic amines is 1. The van der Waals surface area contributed by atoms with Gasteiger partial charge in [-0.15, -0.1) is 0 Å². The number of ether oxygens (including phenoxy) is 1. The molecule has 0 unspecified atom stereocenters. The molecule has 1 aromatic carbocycles. The second-order valence-electron chi connectivity index (χ2n) is 5.89. The zero-order valence-electron chi connectivity index (χ0n) is 13.2. The molecule has 2 rings (SSSR count). The van der Waals surface area contributed by atoms with Gasteiger partial charge < -0.3 is 4.74 Å². The van der Waals surface area contributed by atoms with Crippen molar-refractivity contribution in [2.24, 2.45) is 5.10 Å². The van der Waals surface area contributed by atoms with Crippen LogP contribution in [0, 0.1) is 0 Å².